The first-order valence-corrected chi connectivity index (χ1v) is 9.84. The summed E-state index contributed by atoms with van der Waals surface area (Å²) < 4.78 is 29.5. The molecule has 7 nitrogen and oxygen atoms in total. The number of nitrogens with zero attached hydrogens (tertiary/aromatic N) is 2. The van der Waals surface area contributed by atoms with Gasteiger partial charge in [-0.05, 0) is 38.0 Å². The SMILES string of the molecule is CC1=C[C@H]2CN(CC1)C(=O)c1c(O)c(=O)c(C(=O)NCc3c(F)cc(C)cc3F)cn12. The molecule has 2 N–H and O–H groups in total. The van der Waals surface area contributed by atoms with Crippen molar-refractivity contribution in [2.24, 2.45) is 0 Å². The summed E-state index contributed by atoms with van der Waals surface area (Å²) in [7, 11) is 0. The molecular formula is C22H21F2N3O4. The van der Waals surface area contributed by atoms with Crippen LogP contribution in [0.15, 0.2) is 34.8 Å². The molecule has 4 rings (SSSR count). The van der Waals surface area contributed by atoms with E-state index < -0.39 is 46.7 Å². The van der Waals surface area contributed by atoms with Crippen LogP contribution in [0.1, 0.15) is 51.4 Å². The number of hydrogen-bond acceptors (Lipinski definition) is 4. The molecule has 2 amide bonds. The zero-order valence-electron chi connectivity index (χ0n) is 17.0. The Morgan fingerprint density at radius 2 is 1.90 bits per heavy atom. The summed E-state index contributed by atoms with van der Waals surface area (Å²) in [4.78, 5) is 39.6. The molecule has 0 aliphatic carbocycles. The van der Waals surface area contributed by atoms with Crippen LogP contribution in [0.3, 0.4) is 0 Å². The second kappa shape index (κ2) is 7.64. The van der Waals surface area contributed by atoms with Crippen LogP contribution in [-0.2, 0) is 6.54 Å². The van der Waals surface area contributed by atoms with Gasteiger partial charge >= 0.3 is 0 Å². The van der Waals surface area contributed by atoms with E-state index in [0.717, 1.165) is 17.7 Å². The molecule has 0 fully saturated rings. The molecule has 0 saturated heterocycles. The number of aromatic hydroxyl groups is 1. The van der Waals surface area contributed by atoms with Crippen molar-refractivity contribution in [2.45, 2.75) is 32.9 Å². The lowest BCUT2D eigenvalue weighted by Crippen LogP contribution is -2.44. The lowest BCUT2D eigenvalue weighted by atomic mass is 10.1. The molecule has 1 aromatic heterocycles. The van der Waals surface area contributed by atoms with E-state index in [1.165, 1.54) is 17.7 Å². The highest BCUT2D eigenvalue weighted by molar-refractivity contribution is 5.99. The van der Waals surface area contributed by atoms with E-state index in [1.807, 2.05) is 13.0 Å². The number of aryl methyl sites for hydroxylation is 1. The largest absolute Gasteiger partial charge is 0.503 e. The number of aromatic nitrogens is 1. The summed E-state index contributed by atoms with van der Waals surface area (Å²) in [5.41, 5.74) is -0.488. The van der Waals surface area contributed by atoms with Gasteiger partial charge in [0.15, 0.2) is 11.4 Å². The number of amides is 2. The maximum atomic E-state index is 14.0. The molecular weight excluding hydrogens is 408 g/mol. The van der Waals surface area contributed by atoms with Gasteiger partial charge in [-0.25, -0.2) is 8.78 Å². The summed E-state index contributed by atoms with van der Waals surface area (Å²) >= 11 is 0. The van der Waals surface area contributed by atoms with Crippen molar-refractivity contribution in [2.75, 3.05) is 13.1 Å². The third-order valence-electron chi connectivity index (χ3n) is 5.67. The average Bonchev–Trinajstić information content (AvgIpc) is 2.87. The normalized spacial score (nSPS) is 17.7. The molecule has 2 aliphatic heterocycles. The first-order chi connectivity index (χ1) is 14.7. The van der Waals surface area contributed by atoms with Crippen LogP contribution in [0.4, 0.5) is 8.78 Å². The van der Waals surface area contributed by atoms with Crippen LogP contribution in [-0.4, -0.2) is 39.5 Å². The maximum Gasteiger partial charge on any atom is 0.274 e. The van der Waals surface area contributed by atoms with Gasteiger partial charge in [-0.2, -0.15) is 0 Å². The second-order valence-electron chi connectivity index (χ2n) is 7.95. The number of rotatable bonds is 3. The highest BCUT2D eigenvalue weighted by Crippen LogP contribution is 2.30. The second-order valence-corrected chi connectivity index (χ2v) is 7.95. The fourth-order valence-electron chi connectivity index (χ4n) is 4.01. The van der Waals surface area contributed by atoms with Gasteiger partial charge in [0.25, 0.3) is 11.8 Å². The number of carbonyl (C=O) groups excluding carboxylic acids is 2. The molecule has 3 heterocycles. The van der Waals surface area contributed by atoms with Crippen LogP contribution in [0.2, 0.25) is 0 Å². The number of halogens is 2. The molecule has 1 atom stereocenters. The minimum absolute atomic E-state index is 0.167. The van der Waals surface area contributed by atoms with Crippen molar-refractivity contribution in [1.29, 1.82) is 0 Å². The monoisotopic (exact) mass is 429 g/mol. The molecule has 0 unspecified atom stereocenters. The number of pyridine rings is 1. The van der Waals surface area contributed by atoms with E-state index >= 15 is 0 Å². The van der Waals surface area contributed by atoms with Crippen molar-refractivity contribution < 1.29 is 23.5 Å². The summed E-state index contributed by atoms with van der Waals surface area (Å²) in [6.07, 6.45) is 3.82. The minimum atomic E-state index is -1.01. The Kier molecular flexibility index (Phi) is 5.12. The van der Waals surface area contributed by atoms with Crippen molar-refractivity contribution in [3.63, 3.8) is 0 Å². The van der Waals surface area contributed by atoms with Gasteiger partial charge in [-0.15, -0.1) is 0 Å². The third kappa shape index (κ3) is 3.60. The molecule has 31 heavy (non-hydrogen) atoms. The van der Waals surface area contributed by atoms with Crippen molar-refractivity contribution in [1.82, 2.24) is 14.8 Å². The van der Waals surface area contributed by atoms with Crippen LogP contribution < -0.4 is 10.7 Å². The first kappa shape index (κ1) is 20.8. The molecule has 9 heteroatoms. The van der Waals surface area contributed by atoms with E-state index in [0.29, 0.717) is 25.1 Å². The molecule has 1 aromatic carbocycles. The van der Waals surface area contributed by atoms with Crippen molar-refractivity contribution in [3.8, 4) is 5.75 Å². The standard InChI is InChI=1S/C22H21F2N3O4/c1-11-3-4-26-9-13(5-11)27-10-15(19(28)20(29)18(27)22(26)31)21(30)25-8-14-16(23)6-12(2)7-17(14)24/h5-7,10,13,29H,3-4,8-9H2,1-2H3,(H,25,30)/t13-/m0/s1. The molecule has 162 valence electrons. The van der Waals surface area contributed by atoms with Gasteiger partial charge in [-0.1, -0.05) is 11.6 Å². The zero-order valence-corrected chi connectivity index (χ0v) is 17.0. The van der Waals surface area contributed by atoms with Crippen LogP contribution >= 0.6 is 0 Å². The van der Waals surface area contributed by atoms with E-state index in [2.05, 4.69) is 5.32 Å². The molecule has 2 bridgehead atoms. The van der Waals surface area contributed by atoms with Crippen LogP contribution in [0, 0.1) is 18.6 Å². The lowest BCUT2D eigenvalue weighted by molar-refractivity contribution is 0.0687. The highest BCUT2D eigenvalue weighted by atomic mass is 19.1. The topological polar surface area (TPSA) is 91.6 Å². The van der Waals surface area contributed by atoms with Gasteiger partial charge in [0.2, 0.25) is 5.43 Å². The maximum absolute atomic E-state index is 14.0. The average molecular weight is 429 g/mol. The van der Waals surface area contributed by atoms with E-state index in [-0.39, 0.29) is 17.3 Å². The summed E-state index contributed by atoms with van der Waals surface area (Å²) in [6, 6.07) is 1.94. The number of carbonyl (C=O) groups is 2. The van der Waals surface area contributed by atoms with E-state index in [1.54, 1.807) is 4.90 Å². The van der Waals surface area contributed by atoms with Crippen LogP contribution in [0.25, 0.3) is 0 Å². The van der Waals surface area contributed by atoms with Gasteiger partial charge in [0.05, 0.1) is 6.04 Å². The number of hydrogen-bond donors (Lipinski definition) is 2. The smallest absolute Gasteiger partial charge is 0.274 e. The van der Waals surface area contributed by atoms with Gasteiger partial charge in [0, 0.05) is 31.4 Å². The van der Waals surface area contributed by atoms with Gasteiger partial charge in [-0.3, -0.25) is 14.4 Å². The third-order valence-corrected chi connectivity index (χ3v) is 5.67. The molecule has 2 aliphatic rings. The Bertz CT molecular complexity index is 1180. The fraction of sp³-hybridized carbons (Fsp3) is 0.318. The number of fused-ring (bicyclic) bond motifs is 4. The Labute approximate surface area is 176 Å². The van der Waals surface area contributed by atoms with Crippen LogP contribution in [0.5, 0.6) is 5.75 Å². The molecule has 2 aromatic rings. The van der Waals surface area contributed by atoms with E-state index in [9.17, 15) is 28.3 Å². The quantitative estimate of drug-likeness (QED) is 0.733. The predicted octanol–water partition coefficient (Wildman–Crippen LogP) is 2.42. The van der Waals surface area contributed by atoms with E-state index in [4.69, 9.17) is 0 Å². The van der Waals surface area contributed by atoms with Gasteiger partial charge in [0.1, 0.15) is 17.2 Å². The van der Waals surface area contributed by atoms with Crippen molar-refractivity contribution >= 4 is 11.8 Å². The molecule has 0 radical (unpaired) electrons. The zero-order chi connectivity index (χ0) is 22.4. The fourth-order valence-corrected chi connectivity index (χ4v) is 4.01. The molecule has 0 saturated carbocycles. The number of benzene rings is 1. The summed E-state index contributed by atoms with van der Waals surface area (Å²) in [5, 5.41) is 12.8. The Hall–Kier alpha value is -3.49. The number of nitrogens with one attached hydrogen (secondary N) is 1. The summed E-state index contributed by atoms with van der Waals surface area (Å²) in [6.45, 7) is 3.81. The Balaban J connectivity index is 1.70. The van der Waals surface area contributed by atoms with Crippen molar-refractivity contribution in [3.05, 3.63) is 74.2 Å². The first-order valence-electron chi connectivity index (χ1n) is 9.84. The summed E-state index contributed by atoms with van der Waals surface area (Å²) in [5.74, 6) is -3.82. The Morgan fingerprint density at radius 3 is 2.58 bits per heavy atom. The Morgan fingerprint density at radius 1 is 1.23 bits per heavy atom. The lowest BCUT2D eigenvalue weighted by Gasteiger charge is -2.33. The minimum Gasteiger partial charge on any atom is -0.503 e. The highest BCUT2D eigenvalue weighted by Gasteiger charge is 2.35. The molecule has 0 spiro atoms. The predicted molar refractivity (Wildman–Crippen MR) is 108 cm³/mol. The van der Waals surface area contributed by atoms with Gasteiger partial charge < -0.3 is 19.9 Å².